The van der Waals surface area contributed by atoms with Gasteiger partial charge in [-0.2, -0.15) is 14.7 Å². The molecule has 3 rings (SSSR count). The lowest BCUT2D eigenvalue weighted by atomic mass is 9.94. The van der Waals surface area contributed by atoms with E-state index in [1.54, 1.807) is 6.07 Å². The summed E-state index contributed by atoms with van der Waals surface area (Å²) in [7, 11) is -3.58. The largest absolute Gasteiger partial charge is 0.364 e. The number of nitrogens with one attached hydrogen (secondary N) is 1. The summed E-state index contributed by atoms with van der Waals surface area (Å²) in [6.45, 7) is 0.746. The number of primary amides is 1. The summed E-state index contributed by atoms with van der Waals surface area (Å²) in [5.74, 6) is -0.489. The van der Waals surface area contributed by atoms with E-state index in [-0.39, 0.29) is 16.5 Å². The fourth-order valence-corrected chi connectivity index (χ4v) is 4.40. The van der Waals surface area contributed by atoms with Crippen LogP contribution in [-0.2, 0) is 10.0 Å². The molecule has 1 aromatic carbocycles. The lowest BCUT2D eigenvalue weighted by molar-refractivity contribution is 0.0995. The number of aromatic amines is 1. The Balaban J connectivity index is 1.70. The molecule has 0 aliphatic carbocycles. The normalized spacial score (nSPS) is 16.4. The number of rotatable bonds is 4. The predicted molar refractivity (Wildman–Crippen MR) is 89.0 cm³/mol. The smallest absolute Gasteiger partial charge is 0.269 e. The maximum atomic E-state index is 12.7. The molecule has 0 spiro atoms. The van der Waals surface area contributed by atoms with Gasteiger partial charge in [0.1, 0.15) is 5.69 Å². The number of carbonyl (C=O) groups is 1. The summed E-state index contributed by atoms with van der Waals surface area (Å²) >= 11 is 0. The van der Waals surface area contributed by atoms with Crippen LogP contribution in [0.4, 0.5) is 0 Å². The van der Waals surface area contributed by atoms with Gasteiger partial charge >= 0.3 is 0 Å². The number of H-pyrrole nitrogens is 1. The van der Waals surface area contributed by atoms with E-state index in [0.29, 0.717) is 31.5 Å². The Bertz CT molecular complexity index is 919. The van der Waals surface area contributed by atoms with Gasteiger partial charge in [0, 0.05) is 24.7 Å². The van der Waals surface area contributed by atoms with Gasteiger partial charge in [0.2, 0.25) is 10.0 Å². The molecule has 1 amide bonds. The molecule has 2 aromatic rings. The van der Waals surface area contributed by atoms with E-state index in [2.05, 4.69) is 10.2 Å². The Labute approximate surface area is 145 Å². The first-order chi connectivity index (χ1) is 11.9. The summed E-state index contributed by atoms with van der Waals surface area (Å²) in [6.07, 6.45) is 1.24. The van der Waals surface area contributed by atoms with Crippen LogP contribution in [0.2, 0.25) is 0 Å². The van der Waals surface area contributed by atoms with Crippen LogP contribution in [0, 0.1) is 11.3 Å². The minimum Gasteiger partial charge on any atom is -0.364 e. The van der Waals surface area contributed by atoms with Crippen LogP contribution in [0.3, 0.4) is 0 Å². The second-order valence-corrected chi connectivity index (χ2v) is 7.83. The van der Waals surface area contributed by atoms with Crippen molar-refractivity contribution in [1.82, 2.24) is 14.5 Å². The van der Waals surface area contributed by atoms with Crippen LogP contribution in [0.15, 0.2) is 35.2 Å². The Kier molecular flexibility index (Phi) is 4.57. The van der Waals surface area contributed by atoms with Gasteiger partial charge in [0.15, 0.2) is 0 Å². The molecule has 0 bridgehead atoms. The van der Waals surface area contributed by atoms with Crippen molar-refractivity contribution in [3.05, 3.63) is 47.3 Å². The van der Waals surface area contributed by atoms with Crippen LogP contribution in [0.5, 0.6) is 0 Å². The van der Waals surface area contributed by atoms with Crippen molar-refractivity contribution in [1.29, 1.82) is 5.26 Å². The predicted octanol–water partition coefficient (Wildman–Crippen LogP) is 0.949. The zero-order valence-electron chi connectivity index (χ0n) is 13.3. The highest BCUT2D eigenvalue weighted by atomic mass is 32.2. The number of piperidine rings is 1. The molecule has 2 heterocycles. The molecule has 1 aliphatic rings. The van der Waals surface area contributed by atoms with E-state index in [1.165, 1.54) is 28.6 Å². The molecule has 0 unspecified atom stereocenters. The highest BCUT2D eigenvalue weighted by Gasteiger charge is 2.30. The topological polar surface area (TPSA) is 133 Å². The van der Waals surface area contributed by atoms with Crippen LogP contribution in [0.1, 0.15) is 40.5 Å². The zero-order chi connectivity index (χ0) is 18.0. The van der Waals surface area contributed by atoms with E-state index >= 15 is 0 Å². The van der Waals surface area contributed by atoms with E-state index in [1.807, 2.05) is 6.07 Å². The van der Waals surface area contributed by atoms with E-state index in [4.69, 9.17) is 11.0 Å². The minimum atomic E-state index is -3.58. The standard InChI is InChI=1S/C16H17N5O3S/c17-10-11-1-3-13(4-2-11)25(23,24)21-7-5-12(6-8-21)14-9-15(16(18)22)20-19-14/h1-4,9,12H,5-8H2,(H2,18,22)(H,19,20). The molecular formula is C16H17N5O3S. The number of hydrogen-bond acceptors (Lipinski definition) is 5. The average molecular weight is 359 g/mol. The second-order valence-electron chi connectivity index (χ2n) is 5.89. The SMILES string of the molecule is N#Cc1ccc(S(=O)(=O)N2CCC(c3cc(C(N)=O)n[nH]3)CC2)cc1. The Hall–Kier alpha value is -2.70. The third kappa shape index (κ3) is 3.40. The number of carbonyl (C=O) groups excluding carboxylic acids is 1. The zero-order valence-corrected chi connectivity index (χ0v) is 14.2. The van der Waals surface area contributed by atoms with E-state index < -0.39 is 15.9 Å². The number of amides is 1. The number of nitrogens with zero attached hydrogens (tertiary/aromatic N) is 3. The molecule has 1 aliphatic heterocycles. The number of benzene rings is 1. The quantitative estimate of drug-likeness (QED) is 0.838. The van der Waals surface area contributed by atoms with Gasteiger partial charge in [-0.05, 0) is 43.2 Å². The van der Waals surface area contributed by atoms with Crippen LogP contribution in [-0.4, -0.2) is 41.9 Å². The molecule has 1 saturated heterocycles. The first-order valence-corrected chi connectivity index (χ1v) is 9.21. The fraction of sp³-hybridized carbons (Fsp3) is 0.312. The summed E-state index contributed by atoms with van der Waals surface area (Å²) in [6, 6.07) is 9.49. The highest BCUT2D eigenvalue weighted by Crippen LogP contribution is 2.30. The lowest BCUT2D eigenvalue weighted by Crippen LogP contribution is -2.37. The average Bonchev–Trinajstić information content (AvgIpc) is 3.12. The molecule has 1 fully saturated rings. The highest BCUT2D eigenvalue weighted by molar-refractivity contribution is 7.89. The molecule has 130 valence electrons. The summed E-state index contributed by atoms with van der Waals surface area (Å²) < 4.78 is 26.8. The third-order valence-electron chi connectivity index (χ3n) is 4.37. The first kappa shape index (κ1) is 17.1. The molecule has 1 aromatic heterocycles. The van der Waals surface area contributed by atoms with Gasteiger partial charge in [0.05, 0.1) is 16.5 Å². The van der Waals surface area contributed by atoms with Crippen molar-refractivity contribution in [3.63, 3.8) is 0 Å². The molecule has 9 heteroatoms. The van der Waals surface area contributed by atoms with Gasteiger partial charge in [0.25, 0.3) is 5.91 Å². The van der Waals surface area contributed by atoms with Gasteiger partial charge in [-0.25, -0.2) is 8.42 Å². The van der Waals surface area contributed by atoms with Gasteiger partial charge in [-0.15, -0.1) is 0 Å². The number of nitriles is 1. The van der Waals surface area contributed by atoms with Crippen LogP contribution < -0.4 is 5.73 Å². The Morgan fingerprint density at radius 2 is 1.92 bits per heavy atom. The fourth-order valence-electron chi connectivity index (χ4n) is 2.93. The molecule has 0 radical (unpaired) electrons. The molecule has 0 saturated carbocycles. The monoisotopic (exact) mass is 359 g/mol. The summed E-state index contributed by atoms with van der Waals surface area (Å²) in [5.41, 5.74) is 6.59. The molecule has 8 nitrogen and oxygen atoms in total. The van der Waals surface area contributed by atoms with Crippen molar-refractivity contribution >= 4 is 15.9 Å². The van der Waals surface area contributed by atoms with E-state index in [9.17, 15) is 13.2 Å². The number of nitrogens with two attached hydrogens (primary N) is 1. The Morgan fingerprint density at radius 1 is 1.28 bits per heavy atom. The maximum absolute atomic E-state index is 12.7. The summed E-state index contributed by atoms with van der Waals surface area (Å²) in [5, 5.41) is 15.5. The number of hydrogen-bond donors (Lipinski definition) is 2. The van der Waals surface area contributed by atoms with Crippen molar-refractivity contribution in [3.8, 4) is 6.07 Å². The molecule has 3 N–H and O–H groups in total. The third-order valence-corrected chi connectivity index (χ3v) is 6.28. The molecular weight excluding hydrogens is 342 g/mol. The van der Waals surface area contributed by atoms with Crippen molar-refractivity contribution in [2.24, 2.45) is 5.73 Å². The first-order valence-electron chi connectivity index (χ1n) is 7.77. The Morgan fingerprint density at radius 3 is 2.44 bits per heavy atom. The van der Waals surface area contributed by atoms with Crippen LogP contribution >= 0.6 is 0 Å². The molecule has 25 heavy (non-hydrogen) atoms. The number of aromatic nitrogens is 2. The summed E-state index contributed by atoms with van der Waals surface area (Å²) in [4.78, 5) is 11.3. The maximum Gasteiger partial charge on any atom is 0.269 e. The van der Waals surface area contributed by atoms with E-state index in [0.717, 1.165) is 5.69 Å². The lowest BCUT2D eigenvalue weighted by Gasteiger charge is -2.30. The number of sulfonamides is 1. The van der Waals surface area contributed by atoms with Crippen molar-refractivity contribution < 1.29 is 13.2 Å². The van der Waals surface area contributed by atoms with Gasteiger partial charge < -0.3 is 5.73 Å². The van der Waals surface area contributed by atoms with Gasteiger partial charge in [-0.1, -0.05) is 0 Å². The van der Waals surface area contributed by atoms with Crippen LogP contribution in [0.25, 0.3) is 0 Å². The van der Waals surface area contributed by atoms with Crippen molar-refractivity contribution in [2.45, 2.75) is 23.7 Å². The van der Waals surface area contributed by atoms with Gasteiger partial charge in [-0.3, -0.25) is 9.89 Å². The second kappa shape index (κ2) is 6.66. The van der Waals surface area contributed by atoms with Crippen molar-refractivity contribution in [2.75, 3.05) is 13.1 Å². The molecule has 0 atom stereocenters. The minimum absolute atomic E-state index is 0.105.